The Labute approximate surface area is 175 Å². The minimum absolute atomic E-state index is 0.106. The van der Waals surface area contributed by atoms with E-state index >= 15 is 0 Å². The van der Waals surface area contributed by atoms with Gasteiger partial charge in [0.1, 0.15) is 12.5 Å². The first kappa shape index (κ1) is 20.0. The predicted octanol–water partition coefficient (Wildman–Crippen LogP) is 5.62. The van der Waals surface area contributed by atoms with Gasteiger partial charge in [-0.2, -0.15) is 0 Å². The summed E-state index contributed by atoms with van der Waals surface area (Å²) in [6.07, 6.45) is 3.61. The van der Waals surface area contributed by atoms with E-state index < -0.39 is 0 Å². The Morgan fingerprint density at radius 3 is 2.07 bits per heavy atom. The quantitative estimate of drug-likeness (QED) is 0.634. The van der Waals surface area contributed by atoms with Crippen molar-refractivity contribution in [3.8, 4) is 0 Å². The number of fused-ring (bicyclic) bond motifs is 1. The van der Waals surface area contributed by atoms with Crippen LogP contribution in [0.2, 0.25) is 0 Å². The summed E-state index contributed by atoms with van der Waals surface area (Å²) < 4.78 is 0. The predicted molar refractivity (Wildman–Crippen MR) is 121 cm³/mol. The molecule has 0 aromatic heterocycles. The van der Waals surface area contributed by atoms with Gasteiger partial charge >= 0.3 is 0 Å². The van der Waals surface area contributed by atoms with Gasteiger partial charge in [0, 0.05) is 35.8 Å². The highest BCUT2D eigenvalue weighted by Gasteiger charge is 2.50. The van der Waals surface area contributed by atoms with Gasteiger partial charge in [-0.05, 0) is 48.4 Å². The van der Waals surface area contributed by atoms with E-state index in [0.717, 1.165) is 19.4 Å². The molecular weight excluding hydrogens is 356 g/mol. The lowest BCUT2D eigenvalue weighted by Gasteiger charge is -2.60. The van der Waals surface area contributed by atoms with Gasteiger partial charge in [0.2, 0.25) is 0 Å². The highest BCUT2D eigenvalue weighted by Crippen LogP contribution is 2.49. The van der Waals surface area contributed by atoms with E-state index in [1.54, 1.807) is 0 Å². The minimum atomic E-state index is 0.106. The fourth-order valence-corrected chi connectivity index (χ4v) is 5.77. The molecule has 1 aliphatic carbocycles. The third-order valence-electron chi connectivity index (χ3n) is 6.88. The number of nitrogens with zero attached hydrogens (tertiary/aromatic N) is 2. The number of rotatable bonds is 4. The lowest BCUT2D eigenvalue weighted by atomic mass is 9.63. The molecule has 1 heterocycles. The Kier molecular flexibility index (Phi) is 5.42. The zero-order valence-corrected chi connectivity index (χ0v) is 18.2. The number of carbonyl (C=O) groups is 1. The first-order valence-electron chi connectivity index (χ1n) is 11.0. The average molecular weight is 391 g/mol. The summed E-state index contributed by atoms with van der Waals surface area (Å²) >= 11 is 0. The number of anilines is 2. The Hall–Kier alpha value is -2.29. The third-order valence-corrected chi connectivity index (χ3v) is 6.88. The van der Waals surface area contributed by atoms with Crippen LogP contribution in [0.5, 0.6) is 0 Å². The summed E-state index contributed by atoms with van der Waals surface area (Å²) in [7, 11) is 0. The van der Waals surface area contributed by atoms with Crippen LogP contribution in [0.15, 0.2) is 60.7 Å². The third kappa shape index (κ3) is 3.80. The van der Waals surface area contributed by atoms with E-state index in [1.807, 2.05) is 0 Å². The van der Waals surface area contributed by atoms with Crippen molar-refractivity contribution in [1.82, 2.24) is 0 Å². The fourth-order valence-electron chi connectivity index (χ4n) is 5.77. The van der Waals surface area contributed by atoms with E-state index in [1.165, 1.54) is 17.7 Å². The summed E-state index contributed by atoms with van der Waals surface area (Å²) in [6, 6.07) is 21.9. The number of benzene rings is 2. The van der Waals surface area contributed by atoms with Crippen LogP contribution in [-0.2, 0) is 4.79 Å². The first-order chi connectivity index (χ1) is 13.9. The second-order valence-corrected chi connectivity index (χ2v) is 9.99. The molecule has 3 heteroatoms. The Bertz CT molecular complexity index is 817. The Balaban J connectivity index is 1.85. The highest BCUT2D eigenvalue weighted by atomic mass is 16.1. The lowest BCUT2D eigenvalue weighted by molar-refractivity contribution is -0.115. The number of aldehydes is 1. The molecular formula is C26H34N2O. The molecule has 3 nitrogen and oxygen atoms in total. The summed E-state index contributed by atoms with van der Waals surface area (Å²) in [5.74, 6) is 0.904. The average Bonchev–Trinajstić information content (AvgIpc) is 2.72. The molecule has 4 atom stereocenters. The molecule has 4 unspecified atom stereocenters. The number of hydrogen-bond donors (Lipinski definition) is 0. The normalized spacial score (nSPS) is 28.9. The Morgan fingerprint density at radius 1 is 0.931 bits per heavy atom. The maximum Gasteiger partial charge on any atom is 0.123 e. The molecule has 4 rings (SSSR count). The molecule has 2 aliphatic rings. The van der Waals surface area contributed by atoms with E-state index in [9.17, 15) is 4.79 Å². The van der Waals surface area contributed by atoms with Crippen molar-refractivity contribution in [2.75, 3.05) is 16.3 Å². The molecule has 1 saturated carbocycles. The molecule has 0 bridgehead atoms. The summed E-state index contributed by atoms with van der Waals surface area (Å²) in [4.78, 5) is 17.4. The van der Waals surface area contributed by atoms with Crippen LogP contribution >= 0.6 is 0 Å². The van der Waals surface area contributed by atoms with Gasteiger partial charge in [0.05, 0.1) is 0 Å². The van der Waals surface area contributed by atoms with Crippen molar-refractivity contribution in [1.29, 1.82) is 0 Å². The van der Waals surface area contributed by atoms with Gasteiger partial charge in [0.15, 0.2) is 0 Å². The number of para-hydroxylation sites is 2. The minimum Gasteiger partial charge on any atom is -0.351 e. The molecule has 29 heavy (non-hydrogen) atoms. The van der Waals surface area contributed by atoms with Crippen molar-refractivity contribution in [3.63, 3.8) is 0 Å². The van der Waals surface area contributed by atoms with Crippen molar-refractivity contribution >= 4 is 17.7 Å². The molecule has 0 amide bonds. The van der Waals surface area contributed by atoms with E-state index in [4.69, 9.17) is 0 Å². The summed E-state index contributed by atoms with van der Waals surface area (Å²) in [6.45, 7) is 10.2. The number of hydrogen-bond acceptors (Lipinski definition) is 3. The maximum absolute atomic E-state index is 12.2. The monoisotopic (exact) mass is 390 g/mol. The Morgan fingerprint density at radius 2 is 1.52 bits per heavy atom. The van der Waals surface area contributed by atoms with Gasteiger partial charge in [-0.1, -0.05) is 64.1 Å². The zero-order valence-electron chi connectivity index (χ0n) is 18.2. The van der Waals surface area contributed by atoms with E-state index in [-0.39, 0.29) is 17.5 Å². The van der Waals surface area contributed by atoms with Gasteiger partial charge in [-0.3, -0.25) is 0 Å². The van der Waals surface area contributed by atoms with Gasteiger partial charge in [-0.25, -0.2) is 0 Å². The van der Waals surface area contributed by atoms with Crippen LogP contribution in [0, 0.1) is 23.2 Å². The number of carbonyl (C=O) groups excluding carboxylic acids is 1. The van der Waals surface area contributed by atoms with Crippen LogP contribution in [0.3, 0.4) is 0 Å². The second-order valence-electron chi connectivity index (χ2n) is 9.99. The molecule has 2 aromatic carbocycles. The molecule has 1 aliphatic heterocycles. The van der Waals surface area contributed by atoms with Crippen molar-refractivity contribution in [2.45, 2.75) is 52.7 Å². The molecule has 1 saturated heterocycles. The lowest BCUT2D eigenvalue weighted by Crippen LogP contribution is -2.68. The standard InChI is InChI=1S/C26H34N2O/c1-19(2)25-27(21-11-7-5-8-12-21)17-23-20(18-29)15-26(3,4)16-24(23)28(25)22-13-9-6-10-14-22/h5-14,18-20,23-25H,15-17H2,1-4H3. The topological polar surface area (TPSA) is 23.6 Å². The van der Waals surface area contributed by atoms with Gasteiger partial charge in [-0.15, -0.1) is 0 Å². The fraction of sp³-hybridized carbons (Fsp3) is 0.500. The van der Waals surface area contributed by atoms with Crippen molar-refractivity contribution in [3.05, 3.63) is 60.7 Å². The van der Waals surface area contributed by atoms with E-state index in [0.29, 0.717) is 17.9 Å². The maximum atomic E-state index is 12.2. The highest BCUT2D eigenvalue weighted by molar-refractivity contribution is 5.60. The summed E-state index contributed by atoms with van der Waals surface area (Å²) in [5, 5.41) is 0. The second kappa shape index (κ2) is 7.85. The molecule has 154 valence electrons. The molecule has 2 fully saturated rings. The zero-order chi connectivity index (χ0) is 20.6. The largest absolute Gasteiger partial charge is 0.351 e. The van der Waals surface area contributed by atoms with Crippen molar-refractivity contribution < 1.29 is 4.79 Å². The van der Waals surface area contributed by atoms with Gasteiger partial charge in [0.25, 0.3) is 0 Å². The first-order valence-corrected chi connectivity index (χ1v) is 11.0. The van der Waals surface area contributed by atoms with Crippen LogP contribution in [0.4, 0.5) is 11.4 Å². The molecule has 0 N–H and O–H groups in total. The molecule has 0 radical (unpaired) electrons. The van der Waals surface area contributed by atoms with Crippen LogP contribution in [0.1, 0.15) is 40.5 Å². The van der Waals surface area contributed by atoms with Gasteiger partial charge < -0.3 is 14.6 Å². The van der Waals surface area contributed by atoms with E-state index in [2.05, 4.69) is 98.2 Å². The molecule has 2 aromatic rings. The van der Waals surface area contributed by atoms with Crippen LogP contribution < -0.4 is 9.80 Å². The van der Waals surface area contributed by atoms with Crippen molar-refractivity contribution in [2.24, 2.45) is 23.2 Å². The SMILES string of the molecule is CC(C)C1N(c2ccccc2)CC2C(C=O)CC(C)(C)CC2N1c1ccccc1. The smallest absolute Gasteiger partial charge is 0.123 e. The van der Waals surface area contributed by atoms with Crippen LogP contribution in [0.25, 0.3) is 0 Å². The summed E-state index contributed by atoms with van der Waals surface area (Å²) in [5.41, 5.74) is 2.69. The van der Waals surface area contributed by atoms with Crippen LogP contribution in [-0.4, -0.2) is 25.0 Å². The molecule has 0 spiro atoms.